The normalized spacial score (nSPS) is 15.1. The van der Waals surface area contributed by atoms with Gasteiger partial charge in [0.25, 0.3) is 0 Å². The lowest BCUT2D eigenvalue weighted by Gasteiger charge is -2.25. The number of aliphatic hydroxyl groups excluding tert-OH is 1. The van der Waals surface area contributed by atoms with Gasteiger partial charge in [0, 0.05) is 17.1 Å². The van der Waals surface area contributed by atoms with E-state index in [-0.39, 0.29) is 12.8 Å². The summed E-state index contributed by atoms with van der Waals surface area (Å²) in [6.07, 6.45) is 1.82. The zero-order valence-corrected chi connectivity index (χ0v) is 21.9. The third kappa shape index (κ3) is 8.75. The first kappa shape index (κ1) is 30.6. The van der Waals surface area contributed by atoms with E-state index in [9.17, 15) is 34.2 Å². The van der Waals surface area contributed by atoms with Crippen LogP contribution in [0.4, 0.5) is 0 Å². The second-order valence-electron chi connectivity index (χ2n) is 8.81. The molecule has 0 aliphatic heterocycles. The van der Waals surface area contributed by atoms with E-state index in [0.717, 1.165) is 16.5 Å². The summed E-state index contributed by atoms with van der Waals surface area (Å²) in [4.78, 5) is 64.7. The van der Waals surface area contributed by atoms with Crippen LogP contribution in [0.2, 0.25) is 0 Å². The Kier molecular flexibility index (Phi) is 11.6. The summed E-state index contributed by atoms with van der Waals surface area (Å²) < 4.78 is 0. The van der Waals surface area contributed by atoms with Crippen molar-refractivity contribution in [3.8, 4) is 0 Å². The molecule has 0 aliphatic carbocycles. The zero-order valence-electron chi connectivity index (χ0n) is 21.1. The van der Waals surface area contributed by atoms with Gasteiger partial charge in [-0.3, -0.25) is 19.2 Å². The van der Waals surface area contributed by atoms with Crippen molar-refractivity contribution in [1.82, 2.24) is 20.9 Å². The number of carbonyl (C=O) groups excluding carboxylic acids is 4. The number of H-pyrrole nitrogens is 1. The van der Waals surface area contributed by atoms with Crippen LogP contribution in [0.25, 0.3) is 10.9 Å². The van der Waals surface area contributed by atoms with Crippen LogP contribution in [-0.4, -0.2) is 87.1 Å². The van der Waals surface area contributed by atoms with Crippen molar-refractivity contribution >= 4 is 52.3 Å². The number of benzene rings is 1. The maximum absolute atomic E-state index is 13.0. The molecule has 38 heavy (non-hydrogen) atoms. The molecule has 4 amide bonds. The van der Waals surface area contributed by atoms with Crippen LogP contribution in [-0.2, 0) is 30.4 Å². The quantitative estimate of drug-likeness (QED) is 0.130. The molecule has 0 radical (unpaired) electrons. The van der Waals surface area contributed by atoms with E-state index < -0.39 is 66.3 Å². The number of thioether (sulfide) groups is 1. The molecule has 2 aromatic rings. The van der Waals surface area contributed by atoms with Gasteiger partial charge < -0.3 is 42.6 Å². The van der Waals surface area contributed by atoms with E-state index in [1.807, 2.05) is 24.3 Å². The number of carbonyl (C=O) groups is 5. The van der Waals surface area contributed by atoms with Gasteiger partial charge in [0.2, 0.25) is 23.6 Å². The van der Waals surface area contributed by atoms with Crippen molar-refractivity contribution in [3.63, 3.8) is 0 Å². The first-order valence-electron chi connectivity index (χ1n) is 11.8. The number of fused-ring (bicyclic) bond motifs is 1. The van der Waals surface area contributed by atoms with Gasteiger partial charge in [-0.1, -0.05) is 18.2 Å². The molecule has 5 atom stereocenters. The molecule has 1 aromatic carbocycles. The molecule has 2 rings (SSSR count). The minimum atomic E-state index is -1.60. The first-order chi connectivity index (χ1) is 17.9. The minimum Gasteiger partial charge on any atom is -0.480 e. The van der Waals surface area contributed by atoms with Crippen molar-refractivity contribution in [1.29, 1.82) is 0 Å². The number of carboxylic acid groups (broad SMARTS) is 1. The number of nitrogens with two attached hydrogens (primary N) is 2. The number of carboxylic acids is 1. The summed E-state index contributed by atoms with van der Waals surface area (Å²) in [5.41, 5.74) is 13.0. The average Bonchev–Trinajstić information content (AvgIpc) is 3.26. The average molecular weight is 551 g/mol. The van der Waals surface area contributed by atoms with Crippen molar-refractivity contribution < 1.29 is 34.2 Å². The Hall–Kier alpha value is -3.62. The zero-order chi connectivity index (χ0) is 28.4. The maximum Gasteiger partial charge on any atom is 0.328 e. The maximum atomic E-state index is 13.0. The van der Waals surface area contributed by atoms with Crippen LogP contribution in [0, 0.1) is 0 Å². The van der Waals surface area contributed by atoms with E-state index in [0.29, 0.717) is 5.75 Å². The molecular formula is C24H34N6O7S. The first-order valence-corrected chi connectivity index (χ1v) is 13.2. The van der Waals surface area contributed by atoms with Crippen LogP contribution in [0.1, 0.15) is 25.3 Å². The summed E-state index contributed by atoms with van der Waals surface area (Å²) >= 11 is 1.38. The van der Waals surface area contributed by atoms with Gasteiger partial charge in [-0.05, 0) is 43.4 Å². The fourth-order valence-corrected chi connectivity index (χ4v) is 4.21. The van der Waals surface area contributed by atoms with E-state index in [2.05, 4.69) is 20.9 Å². The predicted octanol–water partition coefficient (Wildman–Crippen LogP) is -1.41. The number of hydrogen-bond donors (Lipinski definition) is 8. The highest BCUT2D eigenvalue weighted by Crippen LogP contribution is 2.18. The van der Waals surface area contributed by atoms with Gasteiger partial charge in [-0.2, -0.15) is 11.8 Å². The smallest absolute Gasteiger partial charge is 0.328 e. The highest BCUT2D eigenvalue weighted by Gasteiger charge is 2.32. The van der Waals surface area contributed by atoms with Crippen molar-refractivity contribution in [2.75, 3.05) is 12.0 Å². The SMILES string of the molecule is CSCCC(NC(=O)C(CC(N)=O)NC(=O)C(N)Cc1c[nH]c2ccccc12)C(=O)NC(C(=O)O)C(C)O. The number of aromatic amines is 1. The van der Waals surface area contributed by atoms with Gasteiger partial charge in [0.1, 0.15) is 12.1 Å². The van der Waals surface area contributed by atoms with Crippen molar-refractivity contribution in [2.24, 2.45) is 11.5 Å². The van der Waals surface area contributed by atoms with Crippen molar-refractivity contribution in [3.05, 3.63) is 36.0 Å². The molecule has 0 aliphatic rings. The lowest BCUT2D eigenvalue weighted by Crippen LogP contribution is -2.59. The minimum absolute atomic E-state index is 0.113. The van der Waals surface area contributed by atoms with Gasteiger partial charge in [0.05, 0.1) is 18.6 Å². The fraction of sp³-hybridized carbons (Fsp3) is 0.458. The summed E-state index contributed by atoms with van der Waals surface area (Å²) in [5, 5.41) is 26.9. The molecule has 5 unspecified atom stereocenters. The van der Waals surface area contributed by atoms with Crippen molar-refractivity contribution in [2.45, 2.75) is 56.5 Å². The lowest BCUT2D eigenvalue weighted by molar-refractivity contribution is -0.145. The molecule has 0 saturated carbocycles. The molecule has 0 bridgehead atoms. The van der Waals surface area contributed by atoms with Crippen LogP contribution in [0.5, 0.6) is 0 Å². The molecular weight excluding hydrogens is 516 g/mol. The predicted molar refractivity (Wildman–Crippen MR) is 142 cm³/mol. The molecule has 208 valence electrons. The number of para-hydroxylation sites is 1. The molecule has 0 spiro atoms. The van der Waals surface area contributed by atoms with Crippen LogP contribution in [0.3, 0.4) is 0 Å². The van der Waals surface area contributed by atoms with E-state index in [4.69, 9.17) is 11.5 Å². The number of aliphatic hydroxyl groups is 1. The highest BCUT2D eigenvalue weighted by molar-refractivity contribution is 7.98. The number of nitrogens with one attached hydrogen (secondary N) is 4. The monoisotopic (exact) mass is 550 g/mol. The van der Waals surface area contributed by atoms with Gasteiger partial charge in [0.15, 0.2) is 6.04 Å². The van der Waals surface area contributed by atoms with Crippen LogP contribution < -0.4 is 27.4 Å². The molecule has 13 nitrogen and oxygen atoms in total. The number of rotatable bonds is 15. The third-order valence-electron chi connectivity index (χ3n) is 5.78. The Bertz CT molecular complexity index is 1150. The Morgan fingerprint density at radius 3 is 2.26 bits per heavy atom. The van der Waals surface area contributed by atoms with Gasteiger partial charge in [-0.25, -0.2) is 4.79 Å². The molecule has 1 heterocycles. The number of amides is 4. The van der Waals surface area contributed by atoms with E-state index in [1.165, 1.54) is 18.7 Å². The summed E-state index contributed by atoms with van der Waals surface area (Å²) in [7, 11) is 0. The van der Waals surface area contributed by atoms with Gasteiger partial charge >= 0.3 is 5.97 Å². The molecule has 0 saturated heterocycles. The van der Waals surface area contributed by atoms with Gasteiger partial charge in [-0.15, -0.1) is 0 Å². The number of hydrogen-bond acceptors (Lipinski definition) is 8. The Labute approximate surface area is 223 Å². The van der Waals surface area contributed by atoms with E-state index >= 15 is 0 Å². The third-order valence-corrected chi connectivity index (χ3v) is 6.42. The Morgan fingerprint density at radius 2 is 1.66 bits per heavy atom. The summed E-state index contributed by atoms with van der Waals surface area (Å²) in [5.74, 6) is -4.33. The van der Waals surface area contributed by atoms with E-state index in [1.54, 1.807) is 12.5 Å². The van der Waals surface area contributed by atoms with Crippen LogP contribution >= 0.6 is 11.8 Å². The molecule has 14 heteroatoms. The Morgan fingerprint density at radius 1 is 1.03 bits per heavy atom. The Balaban J connectivity index is 2.13. The number of primary amides is 1. The molecule has 0 fully saturated rings. The number of aliphatic carboxylic acids is 1. The largest absolute Gasteiger partial charge is 0.480 e. The second-order valence-corrected chi connectivity index (χ2v) is 9.80. The molecule has 10 N–H and O–H groups in total. The van der Waals surface area contributed by atoms with Crippen LogP contribution in [0.15, 0.2) is 30.5 Å². The standard InChI is InChI=1S/C24H34N6O7S/c1-12(31)20(24(36)37)30-22(34)17(7-8-38-2)28-23(35)18(10-19(26)32)29-21(33)15(25)9-13-11-27-16-6-4-3-5-14(13)16/h3-6,11-12,15,17-18,20,27,31H,7-10,25H2,1-2H3,(H2,26,32)(H,28,35)(H,29,33)(H,30,34)(H,36,37). The summed E-state index contributed by atoms with van der Waals surface area (Å²) in [6, 6.07) is 2.18. The lowest BCUT2D eigenvalue weighted by atomic mass is 10.0. The molecule has 1 aromatic heterocycles. The second kappa shape index (κ2) is 14.4. The highest BCUT2D eigenvalue weighted by atomic mass is 32.2. The topological polar surface area (TPSA) is 230 Å². The fourth-order valence-electron chi connectivity index (χ4n) is 3.74. The summed E-state index contributed by atoms with van der Waals surface area (Å²) in [6.45, 7) is 1.20. The number of aromatic nitrogens is 1.